The number of halogens is 7. The minimum atomic E-state index is -4.89. The van der Waals surface area contributed by atoms with Crippen molar-refractivity contribution in [2.75, 3.05) is 0 Å². The predicted octanol–water partition coefficient (Wildman–Crippen LogP) is 6.64. The van der Waals surface area contributed by atoms with Gasteiger partial charge in [0.15, 0.2) is 0 Å². The van der Waals surface area contributed by atoms with Crippen LogP contribution < -0.4 is 4.74 Å². The van der Waals surface area contributed by atoms with Gasteiger partial charge in [0.05, 0.1) is 6.10 Å². The lowest BCUT2D eigenvalue weighted by molar-refractivity contribution is -0.275. The zero-order valence-electron chi connectivity index (χ0n) is 14.9. The van der Waals surface area contributed by atoms with E-state index in [0.717, 1.165) is 36.4 Å². The van der Waals surface area contributed by atoms with Crippen LogP contribution in [0.15, 0.2) is 36.4 Å². The summed E-state index contributed by atoms with van der Waals surface area (Å²) in [6.45, 7) is 2.95. The summed E-state index contributed by atoms with van der Waals surface area (Å²) in [4.78, 5) is 0. The first-order valence-corrected chi connectivity index (χ1v) is 8.32. The van der Waals surface area contributed by atoms with E-state index in [1.165, 1.54) is 6.92 Å². The molecular formula is C19H17F7O2. The lowest BCUT2D eigenvalue weighted by atomic mass is 10.1. The molecular weight excluding hydrogens is 393 g/mol. The van der Waals surface area contributed by atoms with E-state index in [1.54, 1.807) is 6.92 Å². The van der Waals surface area contributed by atoms with Crippen LogP contribution in [0.5, 0.6) is 5.75 Å². The molecule has 2 nitrogen and oxygen atoms in total. The van der Waals surface area contributed by atoms with Gasteiger partial charge in [-0.15, -0.1) is 13.2 Å². The largest absolute Gasteiger partial charge is 0.573 e. The highest BCUT2D eigenvalue weighted by atomic mass is 19.4. The van der Waals surface area contributed by atoms with E-state index in [9.17, 15) is 30.7 Å². The zero-order valence-corrected chi connectivity index (χ0v) is 14.9. The van der Waals surface area contributed by atoms with Crippen molar-refractivity contribution >= 4 is 0 Å². The first-order chi connectivity index (χ1) is 12.9. The van der Waals surface area contributed by atoms with E-state index in [0.29, 0.717) is 12.8 Å². The monoisotopic (exact) mass is 410 g/mol. The quantitative estimate of drug-likeness (QED) is 0.476. The van der Waals surface area contributed by atoms with E-state index in [-0.39, 0.29) is 11.1 Å². The molecule has 0 aliphatic rings. The fraction of sp³-hybridized carbons (Fsp3) is 0.368. The molecule has 1 atom stereocenters. The average molecular weight is 410 g/mol. The number of benzene rings is 2. The standard InChI is InChI=1S/C19H17F7O2/c1-3-4-12-9-15(20)17(16(21)10-12)18(22,23)27-11(2)13-5-7-14(8-6-13)28-19(24,25)26/h5-11H,3-4H2,1-2H3. The van der Waals surface area contributed by atoms with Gasteiger partial charge < -0.3 is 9.47 Å². The van der Waals surface area contributed by atoms with Crippen LogP contribution in [0.4, 0.5) is 30.7 Å². The zero-order chi connectivity index (χ0) is 21.1. The minimum absolute atomic E-state index is 0.0672. The van der Waals surface area contributed by atoms with Gasteiger partial charge in [-0.05, 0) is 48.7 Å². The van der Waals surface area contributed by atoms with E-state index in [4.69, 9.17) is 0 Å². The van der Waals surface area contributed by atoms with E-state index in [2.05, 4.69) is 9.47 Å². The van der Waals surface area contributed by atoms with Crippen molar-refractivity contribution < 1.29 is 40.2 Å². The van der Waals surface area contributed by atoms with E-state index in [1.807, 2.05) is 0 Å². The van der Waals surface area contributed by atoms with Crippen molar-refractivity contribution in [3.8, 4) is 5.75 Å². The number of ether oxygens (including phenoxy) is 2. The fourth-order valence-corrected chi connectivity index (χ4v) is 2.63. The van der Waals surface area contributed by atoms with Crippen molar-refractivity contribution in [1.29, 1.82) is 0 Å². The Bertz CT molecular complexity index is 778. The van der Waals surface area contributed by atoms with E-state index >= 15 is 0 Å². The molecule has 0 aliphatic heterocycles. The van der Waals surface area contributed by atoms with Crippen molar-refractivity contribution in [2.24, 2.45) is 0 Å². The topological polar surface area (TPSA) is 18.5 Å². The normalized spacial score (nSPS) is 13.5. The SMILES string of the molecule is CCCc1cc(F)c(C(F)(F)OC(C)c2ccc(OC(F)(F)F)cc2)c(F)c1. The maximum absolute atomic E-state index is 14.4. The fourth-order valence-electron chi connectivity index (χ4n) is 2.63. The third-order valence-corrected chi connectivity index (χ3v) is 3.84. The maximum atomic E-state index is 14.4. The molecule has 0 bridgehead atoms. The summed E-state index contributed by atoms with van der Waals surface area (Å²) < 4.78 is 102. The van der Waals surface area contributed by atoms with Gasteiger partial charge in [0, 0.05) is 0 Å². The molecule has 2 aromatic rings. The Balaban J connectivity index is 2.19. The molecule has 0 aromatic heterocycles. The second-order valence-corrected chi connectivity index (χ2v) is 6.08. The number of hydrogen-bond donors (Lipinski definition) is 0. The van der Waals surface area contributed by atoms with Crippen LogP contribution in [0.25, 0.3) is 0 Å². The second-order valence-electron chi connectivity index (χ2n) is 6.08. The predicted molar refractivity (Wildman–Crippen MR) is 86.9 cm³/mol. The molecule has 0 amide bonds. The maximum Gasteiger partial charge on any atom is 0.573 e. The Labute approximate surface area is 156 Å². The first-order valence-electron chi connectivity index (χ1n) is 8.32. The summed E-state index contributed by atoms with van der Waals surface area (Å²) in [7, 11) is 0. The lowest BCUT2D eigenvalue weighted by Gasteiger charge is -2.23. The van der Waals surface area contributed by atoms with Crippen LogP contribution in [0.1, 0.15) is 43.1 Å². The molecule has 1 unspecified atom stereocenters. The van der Waals surface area contributed by atoms with Gasteiger partial charge in [0.25, 0.3) is 0 Å². The van der Waals surface area contributed by atoms with Crippen LogP contribution >= 0.6 is 0 Å². The van der Waals surface area contributed by atoms with Crippen LogP contribution in [-0.2, 0) is 17.3 Å². The molecule has 154 valence electrons. The molecule has 0 saturated carbocycles. The third kappa shape index (κ3) is 5.60. The molecule has 9 heteroatoms. The summed E-state index contributed by atoms with van der Waals surface area (Å²) in [5.41, 5.74) is -1.21. The van der Waals surface area contributed by atoms with Crippen molar-refractivity contribution in [1.82, 2.24) is 0 Å². The van der Waals surface area contributed by atoms with Gasteiger partial charge in [0.1, 0.15) is 22.9 Å². The lowest BCUT2D eigenvalue weighted by Crippen LogP contribution is -2.24. The molecule has 0 spiro atoms. The van der Waals surface area contributed by atoms with Crippen molar-refractivity contribution in [3.05, 3.63) is 64.7 Å². The van der Waals surface area contributed by atoms with Crippen LogP contribution in [0.3, 0.4) is 0 Å². The summed E-state index contributed by atoms with van der Waals surface area (Å²) in [5.74, 6) is -3.41. The van der Waals surface area contributed by atoms with Crippen LogP contribution in [0, 0.1) is 11.6 Å². The molecule has 2 aromatic carbocycles. The Morgan fingerprint density at radius 2 is 1.46 bits per heavy atom. The minimum Gasteiger partial charge on any atom is -0.406 e. The molecule has 0 radical (unpaired) electrons. The Hall–Kier alpha value is -2.29. The average Bonchev–Trinajstić information content (AvgIpc) is 2.52. The molecule has 28 heavy (non-hydrogen) atoms. The second kappa shape index (κ2) is 8.38. The summed E-state index contributed by atoms with van der Waals surface area (Å²) in [5, 5.41) is 0. The summed E-state index contributed by atoms with van der Waals surface area (Å²) >= 11 is 0. The Kier molecular flexibility index (Phi) is 6.59. The Morgan fingerprint density at radius 3 is 1.93 bits per heavy atom. The molecule has 0 saturated heterocycles. The molecule has 0 aliphatic carbocycles. The highest BCUT2D eigenvalue weighted by Crippen LogP contribution is 2.38. The van der Waals surface area contributed by atoms with Gasteiger partial charge in [-0.1, -0.05) is 25.5 Å². The molecule has 2 rings (SSSR count). The van der Waals surface area contributed by atoms with Crippen LogP contribution in [-0.4, -0.2) is 6.36 Å². The number of hydrogen-bond acceptors (Lipinski definition) is 2. The molecule has 0 N–H and O–H groups in total. The number of aryl methyl sites for hydroxylation is 1. The number of alkyl halides is 5. The van der Waals surface area contributed by atoms with Gasteiger partial charge in [-0.2, -0.15) is 8.78 Å². The number of rotatable bonds is 7. The smallest absolute Gasteiger partial charge is 0.406 e. The third-order valence-electron chi connectivity index (χ3n) is 3.84. The van der Waals surface area contributed by atoms with Gasteiger partial charge in [-0.3, -0.25) is 0 Å². The van der Waals surface area contributed by atoms with Gasteiger partial charge in [-0.25, -0.2) is 8.78 Å². The highest BCUT2D eigenvalue weighted by molar-refractivity contribution is 5.30. The van der Waals surface area contributed by atoms with Crippen molar-refractivity contribution in [3.63, 3.8) is 0 Å². The van der Waals surface area contributed by atoms with Crippen LogP contribution in [0.2, 0.25) is 0 Å². The van der Waals surface area contributed by atoms with Gasteiger partial charge >= 0.3 is 12.5 Å². The molecule has 0 heterocycles. The summed E-state index contributed by atoms with van der Waals surface area (Å²) in [6, 6.07) is 5.65. The Morgan fingerprint density at radius 1 is 0.929 bits per heavy atom. The first kappa shape index (κ1) is 22.0. The van der Waals surface area contributed by atoms with E-state index < -0.39 is 41.5 Å². The van der Waals surface area contributed by atoms with Gasteiger partial charge in [0.2, 0.25) is 0 Å². The highest BCUT2D eigenvalue weighted by Gasteiger charge is 2.41. The summed E-state index contributed by atoms with van der Waals surface area (Å²) in [6.07, 6.45) is -9.65. The van der Waals surface area contributed by atoms with Crippen molar-refractivity contribution in [2.45, 2.75) is 45.3 Å². The molecule has 0 fully saturated rings.